The number of ether oxygens (including phenoxy) is 1. The number of terminal acetylenes is 1. The Labute approximate surface area is 179 Å². The van der Waals surface area contributed by atoms with E-state index in [0.717, 1.165) is 28.7 Å². The third kappa shape index (κ3) is 3.75. The molecule has 0 aromatic heterocycles. The van der Waals surface area contributed by atoms with Crippen molar-refractivity contribution < 1.29 is 13.2 Å². The summed E-state index contributed by atoms with van der Waals surface area (Å²) in [6, 6.07) is 14.9. The standard InChI is InChI=1S/C25H27NO3S/c1-2-11-29-23-7-3-19(4-8-23)20-5-9-24(10-6-20)30(27,28)26-25-21-13-17-12-18(15-21)16-22(25)14-17/h1,3-10,17-18,21-22,25-26H,11-16H2. The van der Waals surface area contributed by atoms with E-state index < -0.39 is 10.0 Å². The topological polar surface area (TPSA) is 55.4 Å². The largest absolute Gasteiger partial charge is 0.481 e. The Morgan fingerprint density at radius 2 is 1.40 bits per heavy atom. The molecule has 0 saturated heterocycles. The molecule has 2 aromatic rings. The Kier molecular flexibility index (Phi) is 5.08. The van der Waals surface area contributed by atoms with Crippen molar-refractivity contribution in [2.45, 2.75) is 43.0 Å². The first-order chi connectivity index (χ1) is 14.5. The molecule has 30 heavy (non-hydrogen) atoms. The van der Waals surface area contributed by atoms with Gasteiger partial charge in [-0.15, -0.1) is 6.42 Å². The van der Waals surface area contributed by atoms with Crippen LogP contribution in [0.1, 0.15) is 32.1 Å². The maximum Gasteiger partial charge on any atom is 0.240 e. The van der Waals surface area contributed by atoms with E-state index in [4.69, 9.17) is 11.2 Å². The van der Waals surface area contributed by atoms with E-state index in [1.165, 1.54) is 32.1 Å². The van der Waals surface area contributed by atoms with Crippen molar-refractivity contribution in [1.29, 1.82) is 0 Å². The lowest BCUT2D eigenvalue weighted by molar-refractivity contribution is -0.00557. The zero-order chi connectivity index (χ0) is 20.7. The van der Waals surface area contributed by atoms with Crippen LogP contribution in [0.15, 0.2) is 53.4 Å². The highest BCUT2D eigenvalue weighted by molar-refractivity contribution is 7.89. The van der Waals surface area contributed by atoms with Gasteiger partial charge in [0.1, 0.15) is 12.4 Å². The van der Waals surface area contributed by atoms with Crippen molar-refractivity contribution >= 4 is 10.0 Å². The molecule has 6 rings (SSSR count). The van der Waals surface area contributed by atoms with Gasteiger partial charge in [0.2, 0.25) is 10.0 Å². The molecule has 0 amide bonds. The maximum absolute atomic E-state index is 13.1. The fourth-order valence-corrected chi connectivity index (χ4v) is 7.43. The van der Waals surface area contributed by atoms with Crippen LogP contribution in [0, 0.1) is 36.0 Å². The molecule has 0 heterocycles. The minimum absolute atomic E-state index is 0.109. The van der Waals surface area contributed by atoms with Gasteiger partial charge in [0.25, 0.3) is 0 Å². The molecule has 0 spiro atoms. The molecule has 5 heteroatoms. The van der Waals surface area contributed by atoms with Gasteiger partial charge >= 0.3 is 0 Å². The number of hydrogen-bond acceptors (Lipinski definition) is 3. The molecule has 4 saturated carbocycles. The molecule has 4 nitrogen and oxygen atoms in total. The average Bonchev–Trinajstić information content (AvgIpc) is 2.75. The Morgan fingerprint density at radius 1 is 0.867 bits per heavy atom. The molecule has 0 atom stereocenters. The van der Waals surface area contributed by atoms with Crippen LogP contribution in [0.3, 0.4) is 0 Å². The van der Waals surface area contributed by atoms with Crippen LogP contribution >= 0.6 is 0 Å². The van der Waals surface area contributed by atoms with Crippen LogP contribution in [0.2, 0.25) is 0 Å². The second-order valence-electron chi connectivity index (χ2n) is 9.12. The number of nitrogens with one attached hydrogen (secondary N) is 1. The zero-order valence-electron chi connectivity index (χ0n) is 17.0. The van der Waals surface area contributed by atoms with Gasteiger partial charge in [-0.25, -0.2) is 13.1 Å². The highest BCUT2D eigenvalue weighted by atomic mass is 32.2. The lowest BCUT2D eigenvalue weighted by Crippen LogP contribution is -2.55. The van der Waals surface area contributed by atoms with E-state index in [9.17, 15) is 8.42 Å². The second kappa shape index (κ2) is 7.76. The second-order valence-corrected chi connectivity index (χ2v) is 10.8. The van der Waals surface area contributed by atoms with Crippen LogP contribution in [0.4, 0.5) is 0 Å². The zero-order valence-corrected chi connectivity index (χ0v) is 17.8. The minimum atomic E-state index is -3.51. The van der Waals surface area contributed by atoms with Crippen LogP contribution in [0.25, 0.3) is 11.1 Å². The highest BCUT2D eigenvalue weighted by Crippen LogP contribution is 2.53. The Balaban J connectivity index is 1.29. The molecular weight excluding hydrogens is 394 g/mol. The smallest absolute Gasteiger partial charge is 0.240 e. The predicted molar refractivity (Wildman–Crippen MR) is 117 cm³/mol. The van der Waals surface area contributed by atoms with E-state index >= 15 is 0 Å². The summed E-state index contributed by atoms with van der Waals surface area (Å²) >= 11 is 0. The summed E-state index contributed by atoms with van der Waals surface area (Å²) in [5.41, 5.74) is 1.97. The molecular formula is C25H27NO3S. The van der Waals surface area contributed by atoms with Gasteiger partial charge in [0.05, 0.1) is 4.90 Å². The molecule has 0 aliphatic heterocycles. The first-order valence-corrected chi connectivity index (χ1v) is 12.3. The lowest BCUT2D eigenvalue weighted by atomic mass is 9.54. The monoisotopic (exact) mass is 421 g/mol. The summed E-state index contributed by atoms with van der Waals surface area (Å²) in [5.74, 6) is 5.86. The fourth-order valence-electron chi connectivity index (χ4n) is 6.06. The third-order valence-electron chi connectivity index (χ3n) is 7.19. The molecule has 0 radical (unpaired) electrons. The average molecular weight is 422 g/mol. The van der Waals surface area contributed by atoms with Crippen molar-refractivity contribution in [3.63, 3.8) is 0 Å². The highest BCUT2D eigenvalue weighted by Gasteiger charge is 2.49. The van der Waals surface area contributed by atoms with E-state index in [1.807, 2.05) is 36.4 Å². The normalized spacial score (nSPS) is 29.5. The van der Waals surface area contributed by atoms with Gasteiger partial charge in [-0.1, -0.05) is 30.2 Å². The van der Waals surface area contributed by atoms with Gasteiger partial charge in [-0.3, -0.25) is 0 Å². The van der Waals surface area contributed by atoms with E-state index in [1.54, 1.807) is 12.1 Å². The summed E-state index contributed by atoms with van der Waals surface area (Å²) in [6.45, 7) is 0.239. The summed E-state index contributed by atoms with van der Waals surface area (Å²) < 4.78 is 34.6. The van der Waals surface area contributed by atoms with Gasteiger partial charge in [-0.2, -0.15) is 0 Å². The Morgan fingerprint density at radius 3 is 1.93 bits per heavy atom. The number of benzene rings is 2. The molecule has 4 bridgehead atoms. The summed E-state index contributed by atoms with van der Waals surface area (Å²) in [6.07, 6.45) is 11.4. The molecule has 156 valence electrons. The SMILES string of the molecule is C#CCOc1ccc(-c2ccc(S(=O)(=O)NC3C4CC5CC(C4)CC3C5)cc2)cc1. The van der Waals surface area contributed by atoms with Crippen LogP contribution < -0.4 is 9.46 Å². The van der Waals surface area contributed by atoms with Crippen LogP contribution in [0.5, 0.6) is 5.75 Å². The summed E-state index contributed by atoms with van der Waals surface area (Å²) in [4.78, 5) is 0.342. The summed E-state index contributed by atoms with van der Waals surface area (Å²) in [7, 11) is -3.51. The molecule has 4 aliphatic rings. The van der Waals surface area contributed by atoms with Crippen molar-refractivity contribution in [2.24, 2.45) is 23.7 Å². The van der Waals surface area contributed by atoms with Crippen molar-refractivity contribution in [2.75, 3.05) is 6.61 Å². The first-order valence-electron chi connectivity index (χ1n) is 10.8. The molecule has 4 fully saturated rings. The predicted octanol–water partition coefficient (Wildman–Crippen LogP) is 4.47. The van der Waals surface area contributed by atoms with Crippen LogP contribution in [-0.2, 0) is 10.0 Å². The molecule has 0 unspecified atom stereocenters. The molecule has 2 aromatic carbocycles. The summed E-state index contributed by atoms with van der Waals surface area (Å²) in [5, 5.41) is 0. The Bertz CT molecular complexity index is 1020. The van der Waals surface area contributed by atoms with Gasteiger partial charge in [0.15, 0.2) is 0 Å². The lowest BCUT2D eigenvalue weighted by Gasteiger charge is -2.54. The van der Waals surface area contributed by atoms with E-state index in [-0.39, 0.29) is 12.6 Å². The van der Waals surface area contributed by atoms with Gasteiger partial charge in [-0.05, 0) is 91.2 Å². The van der Waals surface area contributed by atoms with Crippen molar-refractivity contribution in [1.82, 2.24) is 4.72 Å². The molecule has 4 aliphatic carbocycles. The minimum Gasteiger partial charge on any atom is -0.481 e. The number of sulfonamides is 1. The van der Waals surface area contributed by atoms with Gasteiger partial charge < -0.3 is 4.74 Å². The third-order valence-corrected chi connectivity index (χ3v) is 8.67. The maximum atomic E-state index is 13.1. The fraction of sp³-hybridized carbons (Fsp3) is 0.440. The van der Waals surface area contributed by atoms with E-state index in [2.05, 4.69) is 10.6 Å². The van der Waals surface area contributed by atoms with Crippen molar-refractivity contribution in [3.05, 3.63) is 48.5 Å². The number of rotatable bonds is 6. The van der Waals surface area contributed by atoms with Gasteiger partial charge in [0, 0.05) is 6.04 Å². The van der Waals surface area contributed by atoms with E-state index in [0.29, 0.717) is 16.7 Å². The quantitative estimate of drug-likeness (QED) is 0.700. The number of hydrogen-bond donors (Lipinski definition) is 1. The molecule has 1 N–H and O–H groups in total. The Hall–Kier alpha value is -2.29. The first kappa shape index (κ1) is 19.7. The van der Waals surface area contributed by atoms with Crippen molar-refractivity contribution in [3.8, 4) is 29.2 Å². The van der Waals surface area contributed by atoms with Crippen LogP contribution in [-0.4, -0.2) is 21.1 Å².